The molecule has 1 atom stereocenters. The molecule has 0 spiro atoms. The number of carbonyl (C=O) groups excluding carboxylic acids is 2. The summed E-state index contributed by atoms with van der Waals surface area (Å²) >= 11 is 5.89. The Kier molecular flexibility index (Phi) is 6.13. The normalized spacial score (nSPS) is 11.3. The van der Waals surface area contributed by atoms with Crippen molar-refractivity contribution in [1.29, 1.82) is 0 Å². The number of para-hydroxylation sites is 2. The predicted molar refractivity (Wildman–Crippen MR) is 94.6 cm³/mol. The van der Waals surface area contributed by atoms with Crippen molar-refractivity contribution >= 4 is 34.9 Å². The van der Waals surface area contributed by atoms with Crippen LogP contribution >= 0.6 is 11.6 Å². The van der Waals surface area contributed by atoms with Crippen LogP contribution in [-0.2, 0) is 9.53 Å². The Morgan fingerprint density at radius 1 is 1.23 bits per heavy atom. The molecule has 0 aliphatic rings. The van der Waals surface area contributed by atoms with Gasteiger partial charge in [-0.05, 0) is 25.1 Å². The Hall–Kier alpha value is -3.13. The van der Waals surface area contributed by atoms with Crippen LogP contribution in [0.3, 0.4) is 0 Å². The second kappa shape index (κ2) is 8.30. The van der Waals surface area contributed by atoms with Crippen LogP contribution in [0.5, 0.6) is 5.75 Å². The largest absolute Gasteiger partial charge is 0.495 e. The third kappa shape index (κ3) is 4.48. The van der Waals surface area contributed by atoms with Crippen LogP contribution in [0.15, 0.2) is 42.5 Å². The summed E-state index contributed by atoms with van der Waals surface area (Å²) in [6, 6.07) is 10.1. The Morgan fingerprint density at radius 3 is 2.58 bits per heavy atom. The first-order valence-electron chi connectivity index (χ1n) is 7.42. The molecule has 136 valence electrons. The number of hydrogen-bond donors (Lipinski definition) is 1. The topological polar surface area (TPSA) is 108 Å². The van der Waals surface area contributed by atoms with E-state index in [1.54, 1.807) is 24.3 Å². The fraction of sp³-hybridized carbons (Fsp3) is 0.176. The maximum Gasteiger partial charge on any atom is 0.340 e. The Bertz CT molecular complexity index is 855. The van der Waals surface area contributed by atoms with Crippen molar-refractivity contribution in [3.05, 3.63) is 63.2 Å². The number of benzene rings is 2. The zero-order chi connectivity index (χ0) is 19.3. The number of carbonyl (C=O) groups is 2. The van der Waals surface area contributed by atoms with Gasteiger partial charge in [0.25, 0.3) is 11.6 Å². The van der Waals surface area contributed by atoms with E-state index in [2.05, 4.69) is 5.32 Å². The van der Waals surface area contributed by atoms with Crippen LogP contribution < -0.4 is 10.1 Å². The second-order valence-corrected chi connectivity index (χ2v) is 5.57. The van der Waals surface area contributed by atoms with E-state index in [9.17, 15) is 19.7 Å². The van der Waals surface area contributed by atoms with Crippen LogP contribution in [-0.4, -0.2) is 30.0 Å². The first-order chi connectivity index (χ1) is 12.3. The van der Waals surface area contributed by atoms with Crippen molar-refractivity contribution in [2.45, 2.75) is 13.0 Å². The number of nitrogens with one attached hydrogen (secondary N) is 1. The summed E-state index contributed by atoms with van der Waals surface area (Å²) in [4.78, 5) is 34.6. The summed E-state index contributed by atoms with van der Waals surface area (Å²) < 4.78 is 10.2. The zero-order valence-electron chi connectivity index (χ0n) is 13.9. The van der Waals surface area contributed by atoms with Crippen LogP contribution in [0.25, 0.3) is 0 Å². The van der Waals surface area contributed by atoms with Gasteiger partial charge in [0, 0.05) is 12.1 Å². The third-order valence-corrected chi connectivity index (χ3v) is 3.73. The summed E-state index contributed by atoms with van der Waals surface area (Å²) in [5, 5.41) is 13.4. The van der Waals surface area contributed by atoms with Gasteiger partial charge in [0.2, 0.25) is 0 Å². The first kappa shape index (κ1) is 19.2. The molecule has 0 bridgehead atoms. The molecule has 0 unspecified atom stereocenters. The molecule has 0 heterocycles. The molecule has 0 radical (unpaired) electrons. The summed E-state index contributed by atoms with van der Waals surface area (Å²) in [6.45, 7) is 1.37. The average molecular weight is 379 g/mol. The van der Waals surface area contributed by atoms with Crippen molar-refractivity contribution in [3.8, 4) is 5.75 Å². The minimum atomic E-state index is -1.16. The summed E-state index contributed by atoms with van der Waals surface area (Å²) in [6.07, 6.45) is -1.16. The van der Waals surface area contributed by atoms with E-state index in [-0.39, 0.29) is 16.3 Å². The number of amides is 1. The fourth-order valence-corrected chi connectivity index (χ4v) is 2.24. The quantitative estimate of drug-likeness (QED) is 0.468. The van der Waals surface area contributed by atoms with Gasteiger partial charge in [0.15, 0.2) is 6.10 Å². The number of anilines is 1. The number of nitro benzene ring substituents is 1. The molecule has 0 saturated carbocycles. The molecular formula is C17H15ClN2O6. The molecule has 0 aliphatic heterocycles. The Balaban J connectivity index is 2.10. The smallest absolute Gasteiger partial charge is 0.340 e. The van der Waals surface area contributed by atoms with E-state index in [0.717, 1.165) is 12.1 Å². The van der Waals surface area contributed by atoms with Crippen LogP contribution in [0.2, 0.25) is 5.02 Å². The number of ether oxygens (including phenoxy) is 2. The molecule has 0 fully saturated rings. The number of methoxy groups -OCH3 is 1. The van der Waals surface area contributed by atoms with Gasteiger partial charge >= 0.3 is 5.97 Å². The highest BCUT2D eigenvalue weighted by Crippen LogP contribution is 2.25. The number of nitro groups is 1. The number of esters is 1. The zero-order valence-corrected chi connectivity index (χ0v) is 14.6. The lowest BCUT2D eigenvalue weighted by atomic mass is 10.2. The van der Waals surface area contributed by atoms with Crippen molar-refractivity contribution in [2.24, 2.45) is 0 Å². The molecular weight excluding hydrogens is 364 g/mol. The second-order valence-electron chi connectivity index (χ2n) is 5.16. The highest BCUT2D eigenvalue weighted by atomic mass is 35.5. The number of halogens is 1. The molecule has 2 aromatic rings. The lowest BCUT2D eigenvalue weighted by Gasteiger charge is -2.15. The fourth-order valence-electron chi connectivity index (χ4n) is 2.04. The molecule has 1 N–H and O–H groups in total. The molecule has 1 amide bonds. The lowest BCUT2D eigenvalue weighted by molar-refractivity contribution is -0.384. The lowest BCUT2D eigenvalue weighted by Crippen LogP contribution is -2.30. The van der Waals surface area contributed by atoms with Gasteiger partial charge < -0.3 is 14.8 Å². The van der Waals surface area contributed by atoms with Gasteiger partial charge in [-0.2, -0.15) is 0 Å². The maximum atomic E-state index is 12.2. The van der Waals surface area contributed by atoms with Gasteiger partial charge in [0.1, 0.15) is 5.75 Å². The third-order valence-electron chi connectivity index (χ3n) is 3.40. The van der Waals surface area contributed by atoms with E-state index in [1.165, 1.54) is 20.1 Å². The molecule has 26 heavy (non-hydrogen) atoms. The minimum Gasteiger partial charge on any atom is -0.495 e. The van der Waals surface area contributed by atoms with Gasteiger partial charge in [-0.15, -0.1) is 0 Å². The monoisotopic (exact) mass is 378 g/mol. The van der Waals surface area contributed by atoms with E-state index < -0.39 is 22.9 Å². The van der Waals surface area contributed by atoms with Crippen molar-refractivity contribution in [3.63, 3.8) is 0 Å². The van der Waals surface area contributed by atoms with E-state index >= 15 is 0 Å². The SMILES string of the molecule is COc1ccccc1NC(=O)[C@@H](C)OC(=O)c1cc([N+](=O)[O-])ccc1Cl. The van der Waals surface area contributed by atoms with E-state index in [1.807, 2.05) is 0 Å². The number of nitrogens with zero attached hydrogens (tertiary/aromatic N) is 1. The van der Waals surface area contributed by atoms with E-state index in [4.69, 9.17) is 21.1 Å². The molecule has 0 saturated heterocycles. The summed E-state index contributed by atoms with van der Waals surface area (Å²) in [5.74, 6) is -1.09. The highest BCUT2D eigenvalue weighted by Gasteiger charge is 2.23. The molecule has 8 nitrogen and oxygen atoms in total. The van der Waals surface area contributed by atoms with Crippen molar-refractivity contribution in [2.75, 3.05) is 12.4 Å². The molecule has 0 aromatic heterocycles. The first-order valence-corrected chi connectivity index (χ1v) is 7.80. The molecule has 0 aliphatic carbocycles. The highest BCUT2D eigenvalue weighted by molar-refractivity contribution is 6.33. The Morgan fingerprint density at radius 2 is 1.92 bits per heavy atom. The van der Waals surface area contributed by atoms with Gasteiger partial charge in [-0.1, -0.05) is 23.7 Å². The minimum absolute atomic E-state index is 0.0158. The standard InChI is InChI=1S/C17H15ClN2O6/c1-10(16(21)19-14-5-3-4-6-15(14)25-2)26-17(22)12-9-11(20(23)24)7-8-13(12)18/h3-10H,1-2H3,(H,19,21)/t10-/m1/s1. The van der Waals surface area contributed by atoms with Crippen molar-refractivity contribution in [1.82, 2.24) is 0 Å². The molecule has 2 rings (SSSR count). The van der Waals surface area contributed by atoms with Gasteiger partial charge in [-0.25, -0.2) is 4.79 Å². The van der Waals surface area contributed by atoms with Crippen LogP contribution in [0, 0.1) is 10.1 Å². The van der Waals surface area contributed by atoms with Gasteiger partial charge in [0.05, 0.1) is 28.3 Å². The van der Waals surface area contributed by atoms with Crippen molar-refractivity contribution < 1.29 is 24.0 Å². The average Bonchev–Trinajstić information content (AvgIpc) is 2.62. The summed E-state index contributed by atoms with van der Waals surface area (Å²) in [5.41, 5.74) is -0.0958. The Labute approximate surface area is 153 Å². The number of non-ortho nitro benzene ring substituents is 1. The number of rotatable bonds is 6. The summed E-state index contributed by atoms with van der Waals surface area (Å²) in [7, 11) is 1.46. The van der Waals surface area contributed by atoms with Crippen LogP contribution in [0.4, 0.5) is 11.4 Å². The predicted octanol–water partition coefficient (Wildman–Crippen LogP) is 3.44. The molecule has 2 aromatic carbocycles. The number of hydrogen-bond acceptors (Lipinski definition) is 6. The van der Waals surface area contributed by atoms with E-state index in [0.29, 0.717) is 11.4 Å². The maximum absolute atomic E-state index is 12.2. The van der Waals surface area contributed by atoms with Crippen LogP contribution in [0.1, 0.15) is 17.3 Å². The van der Waals surface area contributed by atoms with Gasteiger partial charge in [-0.3, -0.25) is 14.9 Å². The molecule has 9 heteroatoms.